The van der Waals surface area contributed by atoms with Gasteiger partial charge in [0.2, 0.25) is 5.91 Å². The number of ether oxygens (including phenoxy) is 1. The number of thiophene rings is 1. The number of piperazine rings is 1. The molecular weight excluding hydrogens is 360 g/mol. The Morgan fingerprint density at radius 3 is 2.63 bits per heavy atom. The van der Waals surface area contributed by atoms with Gasteiger partial charge in [-0.2, -0.15) is 5.26 Å². The number of carbonyl (C=O) groups is 1. The second-order valence-corrected chi connectivity index (χ2v) is 8.75. The number of likely N-dealkylation sites (tertiary alicyclic amines) is 1. The van der Waals surface area contributed by atoms with E-state index in [1.807, 2.05) is 11.4 Å². The second kappa shape index (κ2) is 8.70. The lowest BCUT2D eigenvalue weighted by atomic mass is 9.97. The average molecular weight is 389 g/mol. The Morgan fingerprint density at radius 1 is 1.15 bits per heavy atom. The maximum atomic E-state index is 13.1. The lowest BCUT2D eigenvalue weighted by Crippen LogP contribution is -2.59. The largest absolute Gasteiger partial charge is 0.381 e. The zero-order valence-electron chi connectivity index (χ0n) is 15.8. The van der Waals surface area contributed by atoms with Crippen molar-refractivity contribution in [1.29, 1.82) is 5.26 Å². The Bertz CT molecular complexity index is 686. The monoisotopic (exact) mass is 388 g/mol. The molecule has 0 aliphatic carbocycles. The predicted octanol–water partition coefficient (Wildman–Crippen LogP) is 1.91. The van der Waals surface area contributed by atoms with Crippen molar-refractivity contribution in [1.82, 2.24) is 14.7 Å². The van der Waals surface area contributed by atoms with Gasteiger partial charge in [-0.1, -0.05) is 0 Å². The second-order valence-electron chi connectivity index (χ2n) is 7.76. The third kappa shape index (κ3) is 4.35. The third-order valence-electron chi connectivity index (χ3n) is 6.09. The summed E-state index contributed by atoms with van der Waals surface area (Å²) in [4.78, 5) is 21.4. The standard InChI is InChI=1S/C20H28N4O2S/c21-13-16-12-18(27-15-16)14-22-6-8-23(9-7-22)19-2-1-5-24(20(19)25)17-3-10-26-11-4-17/h12,15,17,19H,1-11,14H2. The first kappa shape index (κ1) is 18.9. The number of hydrogen-bond acceptors (Lipinski definition) is 6. The van der Waals surface area contributed by atoms with Crippen LogP contribution in [-0.2, 0) is 16.1 Å². The van der Waals surface area contributed by atoms with Crippen LogP contribution in [0.25, 0.3) is 0 Å². The van der Waals surface area contributed by atoms with E-state index in [4.69, 9.17) is 10.00 Å². The van der Waals surface area contributed by atoms with Crippen molar-refractivity contribution in [3.05, 3.63) is 21.9 Å². The molecule has 3 saturated heterocycles. The van der Waals surface area contributed by atoms with Gasteiger partial charge in [0.1, 0.15) is 6.07 Å². The Hall–Kier alpha value is -1.46. The summed E-state index contributed by atoms with van der Waals surface area (Å²) < 4.78 is 5.47. The summed E-state index contributed by atoms with van der Waals surface area (Å²) in [5.74, 6) is 0.346. The number of nitrogens with zero attached hydrogens (tertiary/aromatic N) is 4. The maximum absolute atomic E-state index is 13.1. The first-order valence-corrected chi connectivity index (χ1v) is 10.9. The van der Waals surface area contributed by atoms with E-state index in [2.05, 4.69) is 20.8 Å². The topological polar surface area (TPSA) is 59.8 Å². The van der Waals surface area contributed by atoms with E-state index in [-0.39, 0.29) is 6.04 Å². The van der Waals surface area contributed by atoms with Crippen molar-refractivity contribution in [2.45, 2.75) is 44.3 Å². The molecule has 0 spiro atoms. The fourth-order valence-electron chi connectivity index (χ4n) is 4.55. The molecule has 0 saturated carbocycles. The number of rotatable bonds is 4. The van der Waals surface area contributed by atoms with E-state index in [9.17, 15) is 4.79 Å². The molecule has 6 nitrogen and oxygen atoms in total. The highest BCUT2D eigenvalue weighted by Gasteiger charge is 2.37. The minimum absolute atomic E-state index is 0.0654. The molecule has 1 aromatic heterocycles. The van der Waals surface area contributed by atoms with Crippen LogP contribution in [0, 0.1) is 11.3 Å². The van der Waals surface area contributed by atoms with Crippen LogP contribution >= 0.6 is 11.3 Å². The Morgan fingerprint density at radius 2 is 1.93 bits per heavy atom. The highest BCUT2D eigenvalue weighted by Crippen LogP contribution is 2.25. The van der Waals surface area contributed by atoms with E-state index in [0.717, 1.165) is 83.7 Å². The summed E-state index contributed by atoms with van der Waals surface area (Å²) in [6.07, 6.45) is 4.07. The fourth-order valence-corrected chi connectivity index (χ4v) is 5.41. The first-order valence-electron chi connectivity index (χ1n) is 10.1. The molecule has 3 fully saturated rings. The number of amides is 1. The summed E-state index contributed by atoms with van der Waals surface area (Å²) in [6.45, 7) is 7.28. The third-order valence-corrected chi connectivity index (χ3v) is 7.01. The smallest absolute Gasteiger partial charge is 0.240 e. The molecule has 0 aromatic carbocycles. The molecule has 0 bridgehead atoms. The number of piperidine rings is 1. The maximum Gasteiger partial charge on any atom is 0.240 e. The SMILES string of the molecule is N#Cc1csc(CN2CCN(C3CCCN(C4CCOCC4)C3=O)CC2)c1. The van der Waals surface area contributed by atoms with Crippen molar-refractivity contribution >= 4 is 17.2 Å². The summed E-state index contributed by atoms with van der Waals surface area (Å²) in [7, 11) is 0. The molecule has 4 rings (SSSR count). The molecule has 27 heavy (non-hydrogen) atoms. The number of carbonyl (C=O) groups excluding carboxylic acids is 1. The van der Waals surface area contributed by atoms with Crippen molar-refractivity contribution in [3.63, 3.8) is 0 Å². The fraction of sp³-hybridized carbons (Fsp3) is 0.700. The van der Waals surface area contributed by atoms with Gasteiger partial charge in [-0.05, 0) is 31.7 Å². The normalized spacial score (nSPS) is 26.3. The molecule has 0 N–H and O–H groups in total. The van der Waals surface area contributed by atoms with Crippen LogP contribution in [0.5, 0.6) is 0 Å². The van der Waals surface area contributed by atoms with Gasteiger partial charge < -0.3 is 9.64 Å². The van der Waals surface area contributed by atoms with Gasteiger partial charge in [0.05, 0.1) is 11.6 Å². The van der Waals surface area contributed by atoms with Crippen LogP contribution in [0.4, 0.5) is 0 Å². The van der Waals surface area contributed by atoms with Gasteiger partial charge in [0, 0.05) is 68.8 Å². The van der Waals surface area contributed by atoms with E-state index in [1.54, 1.807) is 11.3 Å². The quantitative estimate of drug-likeness (QED) is 0.789. The van der Waals surface area contributed by atoms with Crippen LogP contribution in [0.2, 0.25) is 0 Å². The van der Waals surface area contributed by atoms with Gasteiger partial charge in [0.25, 0.3) is 0 Å². The summed E-state index contributed by atoms with van der Waals surface area (Å²) in [5.41, 5.74) is 0.759. The highest BCUT2D eigenvalue weighted by molar-refractivity contribution is 7.10. The highest BCUT2D eigenvalue weighted by atomic mass is 32.1. The molecular formula is C20H28N4O2S. The van der Waals surface area contributed by atoms with Gasteiger partial charge in [-0.3, -0.25) is 14.6 Å². The van der Waals surface area contributed by atoms with E-state index >= 15 is 0 Å². The zero-order valence-corrected chi connectivity index (χ0v) is 16.6. The van der Waals surface area contributed by atoms with Crippen LogP contribution < -0.4 is 0 Å². The van der Waals surface area contributed by atoms with Gasteiger partial charge in [-0.25, -0.2) is 0 Å². The van der Waals surface area contributed by atoms with E-state index in [0.29, 0.717) is 11.9 Å². The van der Waals surface area contributed by atoms with Crippen LogP contribution in [0.1, 0.15) is 36.1 Å². The van der Waals surface area contributed by atoms with Gasteiger partial charge in [-0.15, -0.1) is 11.3 Å². The summed E-state index contributed by atoms with van der Waals surface area (Å²) >= 11 is 1.66. The van der Waals surface area contributed by atoms with Crippen molar-refractivity contribution < 1.29 is 9.53 Å². The number of nitriles is 1. The van der Waals surface area contributed by atoms with Crippen LogP contribution in [0.15, 0.2) is 11.4 Å². The molecule has 7 heteroatoms. The average Bonchev–Trinajstić information content (AvgIpc) is 3.17. The Balaban J connectivity index is 1.30. The summed E-state index contributed by atoms with van der Waals surface area (Å²) in [5, 5.41) is 10.9. The van der Waals surface area contributed by atoms with E-state index < -0.39 is 0 Å². The minimum atomic E-state index is 0.0654. The van der Waals surface area contributed by atoms with Gasteiger partial charge in [0.15, 0.2) is 0 Å². The molecule has 0 radical (unpaired) electrons. The van der Waals surface area contributed by atoms with Crippen molar-refractivity contribution in [2.24, 2.45) is 0 Å². The van der Waals surface area contributed by atoms with Gasteiger partial charge >= 0.3 is 0 Å². The molecule has 1 aromatic rings. The van der Waals surface area contributed by atoms with Crippen LogP contribution in [-0.4, -0.2) is 78.6 Å². The molecule has 3 aliphatic heterocycles. The lowest BCUT2D eigenvalue weighted by molar-refractivity contribution is -0.145. The number of hydrogen-bond donors (Lipinski definition) is 0. The van der Waals surface area contributed by atoms with Crippen LogP contribution in [0.3, 0.4) is 0 Å². The first-order chi connectivity index (χ1) is 13.2. The molecule has 1 unspecified atom stereocenters. The Kier molecular flexibility index (Phi) is 6.08. The minimum Gasteiger partial charge on any atom is -0.381 e. The Labute approximate surface area is 165 Å². The lowest BCUT2D eigenvalue weighted by Gasteiger charge is -2.45. The van der Waals surface area contributed by atoms with Crippen molar-refractivity contribution in [3.8, 4) is 6.07 Å². The van der Waals surface area contributed by atoms with E-state index in [1.165, 1.54) is 4.88 Å². The molecule has 1 atom stereocenters. The van der Waals surface area contributed by atoms with Crippen molar-refractivity contribution in [2.75, 3.05) is 45.9 Å². The summed E-state index contributed by atoms with van der Waals surface area (Å²) in [6, 6.07) is 4.64. The molecule has 146 valence electrons. The molecule has 1 amide bonds. The predicted molar refractivity (Wildman–Crippen MR) is 104 cm³/mol. The molecule has 4 heterocycles. The molecule has 3 aliphatic rings. The zero-order chi connectivity index (χ0) is 18.6.